The SMILES string of the molecule is COC(=O)C1=C[C@@H]2[C@H](CC1)[C@@]2(C)CC/C=C(\C)C=O. The zero-order chi connectivity index (χ0) is 14.0. The van der Waals surface area contributed by atoms with Gasteiger partial charge in [0.1, 0.15) is 6.29 Å². The van der Waals surface area contributed by atoms with Crippen molar-refractivity contribution in [2.45, 2.75) is 39.5 Å². The average Bonchev–Trinajstić information content (AvgIpc) is 3.02. The Morgan fingerprint density at radius 3 is 2.95 bits per heavy atom. The van der Waals surface area contributed by atoms with Crippen LogP contribution in [0.2, 0.25) is 0 Å². The molecule has 2 rings (SSSR count). The van der Waals surface area contributed by atoms with Crippen LogP contribution < -0.4 is 0 Å². The lowest BCUT2D eigenvalue weighted by atomic mass is 9.96. The molecule has 3 atom stereocenters. The first-order valence-electron chi connectivity index (χ1n) is 6.94. The van der Waals surface area contributed by atoms with Crippen molar-refractivity contribution < 1.29 is 14.3 Å². The number of esters is 1. The van der Waals surface area contributed by atoms with Gasteiger partial charge < -0.3 is 4.74 Å². The number of carbonyl (C=O) groups excluding carboxylic acids is 2. The zero-order valence-corrected chi connectivity index (χ0v) is 11.9. The first-order valence-corrected chi connectivity index (χ1v) is 6.94. The topological polar surface area (TPSA) is 43.4 Å². The van der Waals surface area contributed by atoms with E-state index in [0.717, 1.165) is 43.1 Å². The van der Waals surface area contributed by atoms with E-state index in [2.05, 4.69) is 13.0 Å². The minimum atomic E-state index is -0.176. The fourth-order valence-corrected chi connectivity index (χ4v) is 3.44. The van der Waals surface area contributed by atoms with E-state index in [9.17, 15) is 9.59 Å². The van der Waals surface area contributed by atoms with E-state index in [-0.39, 0.29) is 5.97 Å². The van der Waals surface area contributed by atoms with E-state index in [1.54, 1.807) is 0 Å². The second-order valence-electron chi connectivity index (χ2n) is 5.96. The highest BCUT2D eigenvalue weighted by Gasteiger charge is 2.59. The molecular formula is C16H22O3. The van der Waals surface area contributed by atoms with E-state index < -0.39 is 0 Å². The highest BCUT2D eigenvalue weighted by molar-refractivity contribution is 5.88. The molecule has 0 N–H and O–H groups in total. The average molecular weight is 262 g/mol. The van der Waals surface area contributed by atoms with E-state index >= 15 is 0 Å². The summed E-state index contributed by atoms with van der Waals surface area (Å²) in [5.41, 5.74) is 1.94. The Hall–Kier alpha value is -1.38. The number of rotatable bonds is 5. The minimum Gasteiger partial charge on any atom is -0.466 e. The molecule has 1 fully saturated rings. The Kier molecular flexibility index (Phi) is 3.93. The van der Waals surface area contributed by atoms with Crippen LogP contribution in [0.15, 0.2) is 23.3 Å². The Labute approximate surface area is 114 Å². The summed E-state index contributed by atoms with van der Waals surface area (Å²) in [5, 5.41) is 0. The molecule has 0 heterocycles. The maximum absolute atomic E-state index is 11.5. The molecule has 2 aliphatic carbocycles. The summed E-state index contributed by atoms with van der Waals surface area (Å²) >= 11 is 0. The van der Waals surface area contributed by atoms with Gasteiger partial charge >= 0.3 is 5.97 Å². The maximum Gasteiger partial charge on any atom is 0.333 e. The van der Waals surface area contributed by atoms with E-state index in [1.165, 1.54) is 7.11 Å². The fraction of sp³-hybridized carbons (Fsp3) is 0.625. The summed E-state index contributed by atoms with van der Waals surface area (Å²) in [6.45, 7) is 4.13. The highest BCUT2D eigenvalue weighted by Crippen LogP contribution is 2.66. The molecule has 0 unspecified atom stereocenters. The molecule has 0 radical (unpaired) electrons. The Bertz CT molecular complexity index is 447. The summed E-state index contributed by atoms with van der Waals surface area (Å²) in [5.74, 6) is 1.04. The second kappa shape index (κ2) is 5.32. The van der Waals surface area contributed by atoms with Gasteiger partial charge in [0, 0.05) is 5.57 Å². The van der Waals surface area contributed by atoms with Gasteiger partial charge in [0.05, 0.1) is 7.11 Å². The van der Waals surface area contributed by atoms with Gasteiger partial charge in [-0.2, -0.15) is 0 Å². The number of fused-ring (bicyclic) bond motifs is 1. The number of hydrogen-bond donors (Lipinski definition) is 0. The fourth-order valence-electron chi connectivity index (χ4n) is 3.44. The third kappa shape index (κ3) is 2.65. The normalized spacial score (nSPS) is 33.2. The van der Waals surface area contributed by atoms with Gasteiger partial charge in [-0.1, -0.05) is 19.1 Å². The molecule has 2 aliphatic rings. The lowest BCUT2D eigenvalue weighted by Crippen LogP contribution is -2.08. The molecule has 0 aromatic rings. The monoisotopic (exact) mass is 262 g/mol. The standard InChI is InChI=1S/C16H22O3/c1-11(10-17)5-4-8-16(2)13-7-6-12(9-14(13)16)15(18)19-3/h5,9-10,13-14H,4,6-8H2,1-3H3/b11-5+/t13-,14+,16+/m0/s1. The molecule has 0 aliphatic heterocycles. The van der Waals surface area contributed by atoms with Crippen molar-refractivity contribution in [1.29, 1.82) is 0 Å². The van der Waals surface area contributed by atoms with Crippen molar-refractivity contribution in [3.05, 3.63) is 23.3 Å². The van der Waals surface area contributed by atoms with Crippen molar-refractivity contribution in [2.24, 2.45) is 17.3 Å². The van der Waals surface area contributed by atoms with Gasteiger partial charge in [-0.15, -0.1) is 0 Å². The van der Waals surface area contributed by atoms with Crippen molar-refractivity contribution in [3.63, 3.8) is 0 Å². The molecule has 0 spiro atoms. The molecule has 0 bridgehead atoms. The van der Waals surface area contributed by atoms with Gasteiger partial charge in [0.15, 0.2) is 0 Å². The number of ether oxygens (including phenoxy) is 1. The quantitative estimate of drug-likeness (QED) is 0.434. The maximum atomic E-state index is 11.5. The predicted octanol–water partition coefficient (Wildman–Crippen LogP) is 3.06. The largest absolute Gasteiger partial charge is 0.466 e. The molecule has 0 saturated heterocycles. The number of carbonyl (C=O) groups is 2. The molecule has 1 saturated carbocycles. The van der Waals surface area contributed by atoms with Crippen LogP contribution in [0.5, 0.6) is 0 Å². The van der Waals surface area contributed by atoms with Crippen LogP contribution in [-0.2, 0) is 14.3 Å². The lowest BCUT2D eigenvalue weighted by Gasteiger charge is -2.09. The third-order valence-corrected chi connectivity index (χ3v) is 4.82. The number of aldehydes is 1. The van der Waals surface area contributed by atoms with Gasteiger partial charge in [0.25, 0.3) is 0 Å². The second-order valence-corrected chi connectivity index (χ2v) is 5.96. The van der Waals surface area contributed by atoms with E-state index in [0.29, 0.717) is 17.3 Å². The van der Waals surface area contributed by atoms with Gasteiger partial charge in [0.2, 0.25) is 0 Å². The summed E-state index contributed by atoms with van der Waals surface area (Å²) < 4.78 is 4.80. The molecule has 3 nitrogen and oxygen atoms in total. The molecule has 3 heteroatoms. The summed E-state index contributed by atoms with van der Waals surface area (Å²) in [7, 11) is 1.44. The molecular weight excluding hydrogens is 240 g/mol. The number of allylic oxidation sites excluding steroid dienone is 3. The lowest BCUT2D eigenvalue weighted by molar-refractivity contribution is -0.136. The van der Waals surface area contributed by atoms with E-state index in [1.807, 2.05) is 13.0 Å². The van der Waals surface area contributed by atoms with Crippen LogP contribution in [-0.4, -0.2) is 19.4 Å². The predicted molar refractivity (Wildman–Crippen MR) is 73.5 cm³/mol. The molecule has 19 heavy (non-hydrogen) atoms. The zero-order valence-electron chi connectivity index (χ0n) is 11.9. The van der Waals surface area contributed by atoms with Crippen LogP contribution in [0.1, 0.15) is 39.5 Å². The van der Waals surface area contributed by atoms with Crippen LogP contribution in [0, 0.1) is 17.3 Å². The van der Waals surface area contributed by atoms with E-state index in [4.69, 9.17) is 4.74 Å². The van der Waals surface area contributed by atoms with Crippen LogP contribution in [0.25, 0.3) is 0 Å². The molecule has 104 valence electrons. The van der Waals surface area contributed by atoms with Crippen molar-refractivity contribution >= 4 is 12.3 Å². The minimum absolute atomic E-state index is 0.176. The van der Waals surface area contributed by atoms with Crippen molar-refractivity contribution in [3.8, 4) is 0 Å². The summed E-state index contributed by atoms with van der Waals surface area (Å²) in [6, 6.07) is 0. The number of methoxy groups -OCH3 is 1. The molecule has 0 aromatic heterocycles. The number of hydrogen-bond acceptors (Lipinski definition) is 3. The Morgan fingerprint density at radius 1 is 1.58 bits per heavy atom. The van der Waals surface area contributed by atoms with Crippen molar-refractivity contribution in [1.82, 2.24) is 0 Å². The van der Waals surface area contributed by atoms with Gasteiger partial charge in [-0.05, 0) is 55.4 Å². The summed E-state index contributed by atoms with van der Waals surface area (Å²) in [4.78, 5) is 22.1. The van der Waals surface area contributed by atoms with Crippen molar-refractivity contribution in [2.75, 3.05) is 7.11 Å². The van der Waals surface area contributed by atoms with Gasteiger partial charge in [-0.3, -0.25) is 4.79 Å². The summed E-state index contributed by atoms with van der Waals surface area (Å²) in [6.07, 6.45) is 8.97. The van der Waals surface area contributed by atoms with Crippen LogP contribution in [0.4, 0.5) is 0 Å². The Balaban J connectivity index is 1.96. The highest BCUT2D eigenvalue weighted by atomic mass is 16.5. The first-order chi connectivity index (χ1) is 9.02. The smallest absolute Gasteiger partial charge is 0.333 e. The van der Waals surface area contributed by atoms with Gasteiger partial charge in [-0.25, -0.2) is 4.79 Å². The molecule has 0 amide bonds. The Morgan fingerprint density at radius 2 is 2.32 bits per heavy atom. The van der Waals surface area contributed by atoms with Crippen LogP contribution in [0.3, 0.4) is 0 Å². The van der Waals surface area contributed by atoms with Crippen LogP contribution >= 0.6 is 0 Å². The third-order valence-electron chi connectivity index (χ3n) is 4.82. The molecule has 0 aromatic carbocycles. The first kappa shape index (κ1) is 14.0.